The highest BCUT2D eigenvalue weighted by Gasteiger charge is 2.16. The number of nitrogens with zero attached hydrogens (tertiary/aromatic N) is 1. The maximum Gasteiger partial charge on any atom is 0.253 e. The lowest BCUT2D eigenvalue weighted by molar-refractivity contribution is 0.172. The molecule has 1 aliphatic heterocycles. The van der Waals surface area contributed by atoms with Crippen molar-refractivity contribution >= 4 is 33.9 Å². The van der Waals surface area contributed by atoms with Gasteiger partial charge in [-0.1, -0.05) is 0 Å². The summed E-state index contributed by atoms with van der Waals surface area (Å²) < 4.78 is 16.7. The third-order valence-electron chi connectivity index (χ3n) is 5.02. The first-order valence-electron chi connectivity index (χ1n) is 10.4. The smallest absolute Gasteiger partial charge is 0.253 e. The number of aromatic amines is 1. The van der Waals surface area contributed by atoms with Crippen molar-refractivity contribution in [2.24, 2.45) is 0 Å². The molecule has 0 unspecified atom stereocenters. The van der Waals surface area contributed by atoms with Gasteiger partial charge in [-0.2, -0.15) is 0 Å². The van der Waals surface area contributed by atoms with E-state index < -0.39 is 0 Å². The number of ether oxygens (including phenoxy) is 3. The van der Waals surface area contributed by atoms with Crippen molar-refractivity contribution in [1.82, 2.24) is 9.88 Å². The van der Waals surface area contributed by atoms with Gasteiger partial charge in [-0.05, 0) is 55.5 Å². The summed E-state index contributed by atoms with van der Waals surface area (Å²) >= 11 is 5.55. The molecule has 168 valence electrons. The van der Waals surface area contributed by atoms with E-state index in [4.69, 9.17) is 26.4 Å². The molecule has 9 heteroatoms. The zero-order valence-electron chi connectivity index (χ0n) is 17.7. The minimum atomic E-state index is -0.221. The molecule has 3 N–H and O–H groups in total. The van der Waals surface area contributed by atoms with Crippen LogP contribution in [-0.2, 0) is 6.54 Å². The van der Waals surface area contributed by atoms with Crippen LogP contribution in [0.2, 0.25) is 0 Å². The van der Waals surface area contributed by atoms with Gasteiger partial charge in [0.2, 0.25) is 0 Å². The minimum Gasteiger partial charge on any atom is -0.494 e. The maximum atomic E-state index is 12.7. The number of benzene rings is 2. The number of H-pyrrole nitrogens is 1. The summed E-state index contributed by atoms with van der Waals surface area (Å²) in [5, 5.41) is 13.9. The number of aromatic nitrogens is 1. The molecule has 0 spiro atoms. The lowest BCUT2D eigenvalue weighted by Gasteiger charge is -2.25. The van der Waals surface area contributed by atoms with Crippen molar-refractivity contribution in [2.45, 2.75) is 13.5 Å². The molecular formula is C23H25N3O5S. The van der Waals surface area contributed by atoms with Crippen molar-refractivity contribution in [3.8, 4) is 17.2 Å². The number of nitrogens with one attached hydrogen (secondary N) is 2. The van der Waals surface area contributed by atoms with E-state index in [1.165, 1.54) is 0 Å². The summed E-state index contributed by atoms with van der Waals surface area (Å²) in [7, 11) is 0. The first-order valence-corrected chi connectivity index (χ1v) is 10.8. The Bertz CT molecular complexity index is 1160. The molecule has 0 radical (unpaired) electrons. The normalized spacial score (nSPS) is 12.4. The Balaban J connectivity index is 1.54. The molecule has 0 fully saturated rings. The number of hydrogen-bond donors (Lipinski definition) is 3. The van der Waals surface area contributed by atoms with E-state index in [-0.39, 0.29) is 25.3 Å². The zero-order valence-corrected chi connectivity index (χ0v) is 18.5. The van der Waals surface area contributed by atoms with Gasteiger partial charge in [0.25, 0.3) is 5.56 Å². The molecule has 4 rings (SSSR count). The van der Waals surface area contributed by atoms with Crippen LogP contribution in [0.15, 0.2) is 47.3 Å². The topological polar surface area (TPSA) is 96.1 Å². The predicted octanol–water partition coefficient (Wildman–Crippen LogP) is 2.89. The van der Waals surface area contributed by atoms with E-state index in [1.807, 2.05) is 43.3 Å². The monoisotopic (exact) mass is 455 g/mol. The van der Waals surface area contributed by atoms with E-state index in [2.05, 4.69) is 10.3 Å². The van der Waals surface area contributed by atoms with E-state index in [0.717, 1.165) is 16.8 Å². The summed E-state index contributed by atoms with van der Waals surface area (Å²) in [5.74, 6) is 2.05. The molecule has 3 aromatic rings. The summed E-state index contributed by atoms with van der Waals surface area (Å²) in [5.41, 5.74) is 1.77. The number of thiocarbonyl (C=S) groups is 1. The van der Waals surface area contributed by atoms with Gasteiger partial charge in [0.1, 0.15) is 19.0 Å². The van der Waals surface area contributed by atoms with Crippen LogP contribution in [0.1, 0.15) is 12.5 Å². The average Bonchev–Trinajstić information content (AvgIpc) is 2.79. The highest BCUT2D eigenvalue weighted by atomic mass is 32.1. The molecule has 0 bridgehead atoms. The van der Waals surface area contributed by atoms with Crippen LogP contribution >= 0.6 is 12.2 Å². The van der Waals surface area contributed by atoms with Gasteiger partial charge in [0, 0.05) is 29.2 Å². The molecule has 32 heavy (non-hydrogen) atoms. The first-order chi connectivity index (χ1) is 15.6. The molecular weight excluding hydrogens is 430 g/mol. The molecule has 1 aliphatic rings. The van der Waals surface area contributed by atoms with Gasteiger partial charge in [-0.15, -0.1) is 0 Å². The standard InChI is InChI=1S/C23H25N3O5S/c1-2-29-18-5-3-17(4-6-18)24-23(32)26(7-8-27)14-16-11-15-12-20-21(31-10-9-30-20)13-19(15)25-22(16)28/h3-6,11-13,27H,2,7-10,14H2,1H3,(H,24,32)(H,25,28). The van der Waals surface area contributed by atoms with Gasteiger partial charge < -0.3 is 34.5 Å². The number of pyridine rings is 1. The van der Waals surface area contributed by atoms with Crippen molar-refractivity contribution in [2.75, 3.05) is 38.3 Å². The van der Waals surface area contributed by atoms with Gasteiger partial charge in [-0.3, -0.25) is 4.79 Å². The van der Waals surface area contributed by atoms with Crippen molar-refractivity contribution in [3.05, 3.63) is 58.4 Å². The van der Waals surface area contributed by atoms with Crippen LogP contribution in [0, 0.1) is 0 Å². The van der Waals surface area contributed by atoms with E-state index in [9.17, 15) is 9.90 Å². The Labute approximate surface area is 190 Å². The van der Waals surface area contributed by atoms with E-state index >= 15 is 0 Å². The van der Waals surface area contributed by atoms with Crippen LogP contribution in [0.4, 0.5) is 5.69 Å². The Morgan fingerprint density at radius 1 is 1.19 bits per heavy atom. The van der Waals surface area contributed by atoms with Crippen LogP contribution in [0.5, 0.6) is 17.2 Å². The van der Waals surface area contributed by atoms with Crippen molar-refractivity contribution in [3.63, 3.8) is 0 Å². The van der Waals surface area contributed by atoms with Gasteiger partial charge >= 0.3 is 0 Å². The molecule has 0 aliphatic carbocycles. The number of fused-ring (bicyclic) bond motifs is 2. The second kappa shape index (κ2) is 9.88. The van der Waals surface area contributed by atoms with Crippen molar-refractivity contribution < 1.29 is 19.3 Å². The van der Waals surface area contributed by atoms with Crippen LogP contribution < -0.4 is 25.1 Å². The maximum absolute atomic E-state index is 12.7. The molecule has 1 aromatic heterocycles. The Morgan fingerprint density at radius 3 is 2.59 bits per heavy atom. The highest BCUT2D eigenvalue weighted by Crippen LogP contribution is 2.33. The van der Waals surface area contributed by atoms with Gasteiger partial charge in [0.05, 0.1) is 25.3 Å². The molecule has 0 saturated carbocycles. The Hall–Kier alpha value is -3.30. The van der Waals surface area contributed by atoms with Crippen LogP contribution in [-0.4, -0.2) is 53.1 Å². The SMILES string of the molecule is CCOc1ccc(NC(=S)N(CCO)Cc2cc3cc4c(cc3[nH]c2=O)OCCO4)cc1. The van der Waals surface area contributed by atoms with Gasteiger partial charge in [-0.25, -0.2) is 0 Å². The molecule has 0 atom stereocenters. The van der Waals surface area contributed by atoms with Crippen molar-refractivity contribution in [1.29, 1.82) is 0 Å². The molecule has 0 amide bonds. The molecule has 8 nitrogen and oxygen atoms in total. The predicted molar refractivity (Wildman–Crippen MR) is 127 cm³/mol. The fourth-order valence-corrected chi connectivity index (χ4v) is 3.76. The number of aliphatic hydroxyl groups is 1. The Morgan fingerprint density at radius 2 is 1.91 bits per heavy atom. The zero-order chi connectivity index (χ0) is 22.5. The second-order valence-electron chi connectivity index (χ2n) is 7.24. The summed E-state index contributed by atoms with van der Waals surface area (Å²) in [6, 6.07) is 12.9. The van der Waals surface area contributed by atoms with Crippen LogP contribution in [0.3, 0.4) is 0 Å². The van der Waals surface area contributed by atoms with E-state index in [1.54, 1.807) is 11.0 Å². The summed E-state index contributed by atoms with van der Waals surface area (Å²) in [6.45, 7) is 3.91. The first kappa shape index (κ1) is 21.9. The number of hydrogen-bond acceptors (Lipinski definition) is 6. The minimum absolute atomic E-state index is 0.102. The molecule has 2 heterocycles. The third-order valence-corrected chi connectivity index (χ3v) is 5.38. The lowest BCUT2D eigenvalue weighted by atomic mass is 10.1. The fourth-order valence-electron chi connectivity index (χ4n) is 3.49. The highest BCUT2D eigenvalue weighted by molar-refractivity contribution is 7.80. The summed E-state index contributed by atoms with van der Waals surface area (Å²) in [4.78, 5) is 17.4. The lowest BCUT2D eigenvalue weighted by Crippen LogP contribution is -2.37. The van der Waals surface area contributed by atoms with E-state index in [0.29, 0.717) is 47.5 Å². The average molecular weight is 456 g/mol. The number of anilines is 1. The quantitative estimate of drug-likeness (QED) is 0.468. The Kier molecular flexibility index (Phi) is 6.77. The van der Waals surface area contributed by atoms with Crippen LogP contribution in [0.25, 0.3) is 10.9 Å². The van der Waals surface area contributed by atoms with Gasteiger partial charge in [0.15, 0.2) is 16.6 Å². The third kappa shape index (κ3) is 4.95. The number of aliphatic hydroxyl groups excluding tert-OH is 1. The fraction of sp³-hybridized carbons (Fsp3) is 0.304. The molecule has 0 saturated heterocycles. The molecule has 2 aromatic carbocycles. The second-order valence-corrected chi connectivity index (χ2v) is 7.63. The largest absolute Gasteiger partial charge is 0.494 e. The summed E-state index contributed by atoms with van der Waals surface area (Å²) in [6.07, 6.45) is 0. The number of rotatable bonds is 7.